The molecule has 0 radical (unpaired) electrons. The van der Waals surface area contributed by atoms with Crippen molar-refractivity contribution < 1.29 is 9.32 Å². The minimum Gasteiger partial charge on any atom is -0.351 e. The molecule has 4 heteroatoms. The van der Waals surface area contributed by atoms with E-state index in [1.807, 2.05) is 60.7 Å². The topological polar surface area (TPSA) is 46.3 Å². The lowest BCUT2D eigenvalue weighted by Crippen LogP contribution is -2.30. The van der Waals surface area contributed by atoms with Crippen molar-refractivity contribution in [2.24, 2.45) is 0 Å². The number of rotatable bonds is 4. The van der Waals surface area contributed by atoms with Crippen molar-refractivity contribution >= 4 is 11.6 Å². The molecule has 1 aromatic heterocycles. The highest BCUT2D eigenvalue weighted by atomic mass is 16.5. The van der Waals surface area contributed by atoms with Crippen LogP contribution in [0.25, 0.3) is 0 Å². The quantitative estimate of drug-likeness (QED) is 0.733. The molecule has 0 atom stereocenters. The first-order valence-electron chi connectivity index (χ1n) is 6.66. The summed E-state index contributed by atoms with van der Waals surface area (Å²) >= 11 is 0. The third-order valence-corrected chi connectivity index (χ3v) is 3.15. The van der Waals surface area contributed by atoms with Gasteiger partial charge in [-0.1, -0.05) is 53.7 Å². The molecule has 21 heavy (non-hydrogen) atoms. The number of hydrogen-bond acceptors (Lipinski definition) is 3. The number of para-hydroxylation sites is 1. The lowest BCUT2D eigenvalue weighted by atomic mass is 10.2. The Kier molecular flexibility index (Phi) is 3.78. The van der Waals surface area contributed by atoms with Crippen LogP contribution in [0.1, 0.15) is 16.1 Å². The van der Waals surface area contributed by atoms with E-state index in [1.54, 1.807) is 11.0 Å². The zero-order chi connectivity index (χ0) is 14.5. The van der Waals surface area contributed by atoms with E-state index in [4.69, 9.17) is 4.52 Å². The summed E-state index contributed by atoms with van der Waals surface area (Å²) in [6, 6.07) is 20.9. The molecule has 0 aliphatic rings. The zero-order valence-electron chi connectivity index (χ0n) is 11.3. The van der Waals surface area contributed by atoms with Crippen molar-refractivity contribution in [2.45, 2.75) is 6.54 Å². The van der Waals surface area contributed by atoms with Crippen molar-refractivity contribution in [3.05, 3.63) is 84.3 Å². The van der Waals surface area contributed by atoms with Crippen LogP contribution in [0.2, 0.25) is 0 Å². The average Bonchev–Trinajstić information content (AvgIpc) is 3.08. The molecule has 0 fully saturated rings. The van der Waals surface area contributed by atoms with Crippen LogP contribution >= 0.6 is 0 Å². The van der Waals surface area contributed by atoms with Crippen LogP contribution in [-0.2, 0) is 6.54 Å². The fourth-order valence-electron chi connectivity index (χ4n) is 2.11. The van der Waals surface area contributed by atoms with E-state index < -0.39 is 0 Å². The predicted molar refractivity (Wildman–Crippen MR) is 79.9 cm³/mol. The van der Waals surface area contributed by atoms with E-state index >= 15 is 0 Å². The summed E-state index contributed by atoms with van der Waals surface area (Å²) in [5, 5.41) is 3.60. The fourth-order valence-corrected chi connectivity index (χ4v) is 2.11. The normalized spacial score (nSPS) is 10.3. The largest absolute Gasteiger partial charge is 0.351 e. The summed E-state index contributed by atoms with van der Waals surface area (Å²) in [5.74, 6) is 0.0253. The molecule has 1 heterocycles. The van der Waals surface area contributed by atoms with Gasteiger partial charge in [-0.15, -0.1) is 0 Å². The third-order valence-electron chi connectivity index (χ3n) is 3.15. The van der Waals surface area contributed by atoms with Crippen LogP contribution in [-0.4, -0.2) is 11.1 Å². The smallest absolute Gasteiger partial charge is 0.297 e. The van der Waals surface area contributed by atoms with Crippen LogP contribution in [0, 0.1) is 0 Å². The molecular weight excluding hydrogens is 264 g/mol. The van der Waals surface area contributed by atoms with Gasteiger partial charge in [0.1, 0.15) is 0 Å². The molecule has 104 valence electrons. The Labute approximate surface area is 122 Å². The molecule has 4 nitrogen and oxygen atoms in total. The van der Waals surface area contributed by atoms with Gasteiger partial charge < -0.3 is 9.42 Å². The number of carbonyl (C=O) groups is 1. The highest BCUT2D eigenvalue weighted by molar-refractivity contribution is 6.03. The van der Waals surface area contributed by atoms with Gasteiger partial charge in [-0.3, -0.25) is 4.79 Å². The van der Waals surface area contributed by atoms with Gasteiger partial charge in [0.05, 0.1) is 12.7 Å². The minimum absolute atomic E-state index is 0.206. The number of carbonyl (C=O) groups excluding carboxylic acids is 1. The second-order valence-corrected chi connectivity index (χ2v) is 4.59. The minimum atomic E-state index is -0.206. The molecule has 3 aromatic rings. The van der Waals surface area contributed by atoms with Crippen LogP contribution in [0.4, 0.5) is 5.69 Å². The summed E-state index contributed by atoms with van der Waals surface area (Å²) in [7, 11) is 0. The lowest BCUT2D eigenvalue weighted by Gasteiger charge is -2.21. The number of amides is 1. The van der Waals surface area contributed by atoms with Gasteiger partial charge in [-0.25, -0.2) is 0 Å². The van der Waals surface area contributed by atoms with Gasteiger partial charge in [0.25, 0.3) is 5.91 Å². The summed E-state index contributed by atoms with van der Waals surface area (Å²) in [6.07, 6.45) is 1.47. The van der Waals surface area contributed by atoms with Crippen LogP contribution in [0.3, 0.4) is 0 Å². The Bertz CT molecular complexity index is 694. The number of anilines is 1. The van der Waals surface area contributed by atoms with Gasteiger partial charge in [0, 0.05) is 11.8 Å². The molecule has 0 saturated carbocycles. The van der Waals surface area contributed by atoms with Crippen molar-refractivity contribution in [1.29, 1.82) is 0 Å². The second kappa shape index (κ2) is 6.05. The fraction of sp³-hybridized carbons (Fsp3) is 0.0588. The van der Waals surface area contributed by atoms with E-state index in [0.717, 1.165) is 11.3 Å². The van der Waals surface area contributed by atoms with Crippen molar-refractivity contribution in [2.75, 3.05) is 4.90 Å². The van der Waals surface area contributed by atoms with Crippen molar-refractivity contribution in [3.63, 3.8) is 0 Å². The van der Waals surface area contributed by atoms with E-state index in [9.17, 15) is 4.79 Å². The molecule has 0 aliphatic carbocycles. The lowest BCUT2D eigenvalue weighted by molar-refractivity contribution is 0.0949. The molecule has 0 saturated heterocycles. The molecule has 3 rings (SSSR count). The Hall–Kier alpha value is -2.88. The van der Waals surface area contributed by atoms with E-state index in [-0.39, 0.29) is 11.7 Å². The van der Waals surface area contributed by atoms with Crippen LogP contribution in [0.15, 0.2) is 77.4 Å². The number of aromatic nitrogens is 1. The first kappa shape index (κ1) is 13.1. The van der Waals surface area contributed by atoms with Crippen LogP contribution < -0.4 is 4.90 Å². The molecule has 0 unspecified atom stereocenters. The van der Waals surface area contributed by atoms with Gasteiger partial charge in [0.15, 0.2) is 0 Å². The molecule has 1 amide bonds. The van der Waals surface area contributed by atoms with Crippen LogP contribution in [0.5, 0.6) is 0 Å². The maximum absolute atomic E-state index is 12.6. The molecule has 0 N–H and O–H groups in total. The van der Waals surface area contributed by atoms with Crippen molar-refractivity contribution in [1.82, 2.24) is 5.16 Å². The highest BCUT2D eigenvalue weighted by Crippen LogP contribution is 2.19. The first-order valence-corrected chi connectivity index (χ1v) is 6.66. The SMILES string of the molecule is O=C(c1ccno1)N(Cc1ccccc1)c1ccccc1. The Morgan fingerprint density at radius 2 is 1.62 bits per heavy atom. The Balaban J connectivity index is 1.93. The van der Waals surface area contributed by atoms with E-state index in [1.165, 1.54) is 6.20 Å². The van der Waals surface area contributed by atoms with Crippen molar-refractivity contribution in [3.8, 4) is 0 Å². The van der Waals surface area contributed by atoms with E-state index in [2.05, 4.69) is 5.16 Å². The van der Waals surface area contributed by atoms with Gasteiger partial charge >= 0.3 is 0 Å². The summed E-state index contributed by atoms with van der Waals surface area (Å²) in [5.41, 5.74) is 1.87. The highest BCUT2D eigenvalue weighted by Gasteiger charge is 2.20. The molecule has 0 bridgehead atoms. The molecular formula is C17H14N2O2. The molecule has 2 aromatic carbocycles. The standard InChI is InChI=1S/C17H14N2O2/c20-17(16-11-12-18-21-16)19(15-9-5-2-6-10-15)13-14-7-3-1-4-8-14/h1-12H,13H2. The Morgan fingerprint density at radius 1 is 0.952 bits per heavy atom. The van der Waals surface area contributed by atoms with E-state index in [0.29, 0.717) is 6.54 Å². The first-order chi connectivity index (χ1) is 10.3. The second-order valence-electron chi connectivity index (χ2n) is 4.59. The Morgan fingerprint density at radius 3 is 2.24 bits per heavy atom. The summed E-state index contributed by atoms with van der Waals surface area (Å²) in [6.45, 7) is 0.477. The maximum atomic E-state index is 12.6. The van der Waals surface area contributed by atoms with Gasteiger partial charge in [0.2, 0.25) is 5.76 Å². The molecule has 0 aliphatic heterocycles. The predicted octanol–water partition coefficient (Wildman–Crippen LogP) is 3.52. The average molecular weight is 278 g/mol. The summed E-state index contributed by atoms with van der Waals surface area (Å²) < 4.78 is 4.99. The number of nitrogens with zero attached hydrogens (tertiary/aromatic N) is 2. The van der Waals surface area contributed by atoms with Gasteiger partial charge in [-0.05, 0) is 17.7 Å². The molecule has 0 spiro atoms. The zero-order valence-corrected chi connectivity index (χ0v) is 11.3. The van der Waals surface area contributed by atoms with Gasteiger partial charge in [-0.2, -0.15) is 0 Å². The monoisotopic (exact) mass is 278 g/mol. The third kappa shape index (κ3) is 3.00. The number of hydrogen-bond donors (Lipinski definition) is 0. The number of benzene rings is 2. The summed E-state index contributed by atoms with van der Waals surface area (Å²) in [4.78, 5) is 14.3. The maximum Gasteiger partial charge on any atom is 0.297 e.